The number of carbonyl (C=O) groups is 3. The third kappa shape index (κ3) is 33.4. The highest BCUT2D eigenvalue weighted by molar-refractivity contribution is 7.47. The molecule has 0 aromatic rings. The van der Waals surface area contributed by atoms with Crippen LogP contribution in [-0.4, -0.2) is 59.9 Å². The Morgan fingerprint density at radius 3 is 1.46 bits per heavy atom. The van der Waals surface area contributed by atoms with Crippen molar-refractivity contribution in [2.24, 2.45) is 5.73 Å². The van der Waals surface area contributed by atoms with E-state index in [0.717, 1.165) is 57.8 Å². The van der Waals surface area contributed by atoms with Crippen LogP contribution >= 0.6 is 7.82 Å². The number of carboxylic acid groups (broad SMARTS) is 1. The number of aliphatic carboxylic acids is 1. The normalized spacial score (nSPS) is 14.0. The monoisotopic (exact) mass is 733 g/mol. The van der Waals surface area contributed by atoms with E-state index in [1.54, 1.807) is 0 Å². The average Bonchev–Trinajstić information content (AvgIpc) is 3.09. The first kappa shape index (κ1) is 48.2. The number of esters is 2. The maximum Gasteiger partial charge on any atom is 0.472 e. The molecule has 11 nitrogen and oxygen atoms in total. The number of carbonyl (C=O) groups excluding carboxylic acids is 2. The highest BCUT2D eigenvalue weighted by atomic mass is 31.2. The van der Waals surface area contributed by atoms with Crippen molar-refractivity contribution >= 4 is 25.7 Å². The van der Waals surface area contributed by atoms with Crippen LogP contribution in [0, 0.1) is 0 Å². The second-order valence-electron chi connectivity index (χ2n) is 13.4. The molecule has 0 saturated heterocycles. The predicted molar refractivity (Wildman–Crippen MR) is 199 cm³/mol. The van der Waals surface area contributed by atoms with E-state index in [-0.39, 0.29) is 19.4 Å². The largest absolute Gasteiger partial charge is 0.480 e. The molecule has 0 aliphatic carbocycles. The van der Waals surface area contributed by atoms with E-state index in [1.165, 1.54) is 83.5 Å². The summed E-state index contributed by atoms with van der Waals surface area (Å²) in [7, 11) is -4.70. The predicted octanol–water partition coefficient (Wildman–Crippen LogP) is 9.73. The molecule has 0 aliphatic heterocycles. The van der Waals surface area contributed by atoms with Gasteiger partial charge in [-0.2, -0.15) is 0 Å². The number of phosphoric acid groups is 1. The number of unbranched alkanes of at least 4 members (excludes halogenated alkanes) is 21. The molecule has 0 rings (SSSR count). The Hall–Kier alpha value is -1.78. The minimum Gasteiger partial charge on any atom is -0.480 e. The molecular formula is C38H72NO10P. The number of nitrogens with two attached hydrogens (primary N) is 1. The molecule has 0 fully saturated rings. The molecular weight excluding hydrogens is 661 g/mol. The SMILES string of the molecule is CCCCCCCCC/C=C\CCCCCCCC(=O)OC[C@H](COP(=O)(O)OC[C@H](N)C(=O)O)OC(=O)CCCCCCCCCCCC. The molecule has 4 N–H and O–H groups in total. The highest BCUT2D eigenvalue weighted by Gasteiger charge is 2.28. The molecule has 0 aliphatic rings. The van der Waals surface area contributed by atoms with Gasteiger partial charge in [0, 0.05) is 12.8 Å². The summed E-state index contributed by atoms with van der Waals surface area (Å²) in [6.07, 6.45) is 31.4. The van der Waals surface area contributed by atoms with E-state index in [1.807, 2.05) is 0 Å². The molecule has 0 aromatic heterocycles. The van der Waals surface area contributed by atoms with Gasteiger partial charge in [0.1, 0.15) is 12.6 Å². The van der Waals surface area contributed by atoms with Crippen LogP contribution in [0.2, 0.25) is 0 Å². The van der Waals surface area contributed by atoms with E-state index in [2.05, 4.69) is 30.5 Å². The van der Waals surface area contributed by atoms with Crippen LogP contribution in [0.1, 0.15) is 181 Å². The minimum atomic E-state index is -4.70. The van der Waals surface area contributed by atoms with Gasteiger partial charge in [-0.05, 0) is 38.5 Å². The summed E-state index contributed by atoms with van der Waals surface area (Å²) in [6.45, 7) is 2.77. The van der Waals surface area contributed by atoms with Crippen molar-refractivity contribution in [1.29, 1.82) is 0 Å². The maximum atomic E-state index is 12.5. The van der Waals surface area contributed by atoms with Crippen LogP contribution in [-0.2, 0) is 37.5 Å². The van der Waals surface area contributed by atoms with Crippen LogP contribution in [0.4, 0.5) is 0 Å². The van der Waals surface area contributed by atoms with E-state index < -0.39 is 51.1 Å². The van der Waals surface area contributed by atoms with Gasteiger partial charge in [0.05, 0.1) is 13.2 Å². The number of allylic oxidation sites excluding steroid dienone is 2. The molecule has 0 saturated carbocycles. The Morgan fingerprint density at radius 2 is 1.00 bits per heavy atom. The summed E-state index contributed by atoms with van der Waals surface area (Å²) >= 11 is 0. The van der Waals surface area contributed by atoms with Crippen LogP contribution in [0.3, 0.4) is 0 Å². The highest BCUT2D eigenvalue weighted by Crippen LogP contribution is 2.43. The number of phosphoric ester groups is 1. The van der Waals surface area contributed by atoms with Gasteiger partial charge in [-0.1, -0.05) is 142 Å². The summed E-state index contributed by atoms with van der Waals surface area (Å²) < 4.78 is 32.5. The van der Waals surface area contributed by atoms with Gasteiger partial charge in [0.25, 0.3) is 0 Å². The molecule has 1 unspecified atom stereocenters. The van der Waals surface area contributed by atoms with Crippen molar-refractivity contribution < 1.29 is 47.5 Å². The maximum absolute atomic E-state index is 12.5. The van der Waals surface area contributed by atoms with Crippen LogP contribution in [0.15, 0.2) is 12.2 Å². The Balaban J connectivity index is 4.38. The molecule has 294 valence electrons. The number of hydrogen-bond acceptors (Lipinski definition) is 9. The number of ether oxygens (including phenoxy) is 2. The molecule has 0 radical (unpaired) electrons. The summed E-state index contributed by atoms with van der Waals surface area (Å²) in [5.41, 5.74) is 5.31. The topological polar surface area (TPSA) is 172 Å². The molecule has 50 heavy (non-hydrogen) atoms. The first-order valence-corrected chi connectivity index (χ1v) is 21.2. The molecule has 0 spiro atoms. The van der Waals surface area contributed by atoms with E-state index in [4.69, 9.17) is 24.8 Å². The fourth-order valence-corrected chi connectivity index (χ4v) is 6.13. The van der Waals surface area contributed by atoms with E-state index in [0.29, 0.717) is 12.8 Å². The Labute approximate surface area is 303 Å². The van der Waals surface area contributed by atoms with Crippen molar-refractivity contribution in [2.75, 3.05) is 19.8 Å². The quantitative estimate of drug-likeness (QED) is 0.0240. The summed E-state index contributed by atoms with van der Waals surface area (Å²) in [5, 5.41) is 8.85. The molecule has 3 atom stereocenters. The molecule has 0 bridgehead atoms. The second kappa shape index (κ2) is 34.3. The van der Waals surface area contributed by atoms with E-state index >= 15 is 0 Å². The van der Waals surface area contributed by atoms with Gasteiger partial charge in [-0.3, -0.25) is 23.4 Å². The third-order valence-corrected chi connectivity index (χ3v) is 9.46. The van der Waals surface area contributed by atoms with Gasteiger partial charge < -0.3 is 25.2 Å². The molecule has 0 heterocycles. The van der Waals surface area contributed by atoms with Crippen molar-refractivity contribution in [3.8, 4) is 0 Å². The Morgan fingerprint density at radius 1 is 0.600 bits per heavy atom. The fourth-order valence-electron chi connectivity index (χ4n) is 5.35. The molecule has 0 amide bonds. The van der Waals surface area contributed by atoms with Crippen LogP contribution in [0.5, 0.6) is 0 Å². The molecule has 12 heteroatoms. The fraction of sp³-hybridized carbons (Fsp3) is 0.868. The number of hydrogen-bond donors (Lipinski definition) is 3. The number of rotatable bonds is 37. The van der Waals surface area contributed by atoms with E-state index in [9.17, 15) is 23.8 Å². The molecule has 0 aromatic carbocycles. The van der Waals surface area contributed by atoms with Crippen LogP contribution < -0.4 is 5.73 Å². The third-order valence-electron chi connectivity index (χ3n) is 8.51. The van der Waals surface area contributed by atoms with Crippen molar-refractivity contribution in [1.82, 2.24) is 0 Å². The smallest absolute Gasteiger partial charge is 0.472 e. The standard InChI is InChI=1S/C38H72NO10P/c1-3-5-7-9-11-13-15-16-17-18-19-20-22-23-25-27-29-36(40)46-31-34(32-47-50(44,45)48-33-35(39)38(42)43)49-37(41)30-28-26-24-21-14-12-10-8-6-4-2/h17-18,34-35H,3-16,19-33,39H2,1-2H3,(H,42,43)(H,44,45)/b18-17-/t34-,35+/m1/s1. The second-order valence-corrected chi connectivity index (χ2v) is 14.9. The van der Waals surface area contributed by atoms with Crippen molar-refractivity contribution in [2.45, 2.75) is 193 Å². The summed E-state index contributed by atoms with van der Waals surface area (Å²) in [5.74, 6) is -2.38. The lowest BCUT2D eigenvalue weighted by atomic mass is 10.1. The van der Waals surface area contributed by atoms with Gasteiger partial charge in [-0.25, -0.2) is 4.57 Å². The lowest BCUT2D eigenvalue weighted by Crippen LogP contribution is -2.34. The summed E-state index contributed by atoms with van der Waals surface area (Å²) in [4.78, 5) is 45.7. The van der Waals surface area contributed by atoms with Gasteiger partial charge in [-0.15, -0.1) is 0 Å². The lowest BCUT2D eigenvalue weighted by Gasteiger charge is -2.20. The zero-order valence-corrected chi connectivity index (χ0v) is 32.4. The zero-order valence-electron chi connectivity index (χ0n) is 31.5. The minimum absolute atomic E-state index is 0.163. The van der Waals surface area contributed by atoms with Gasteiger partial charge >= 0.3 is 25.7 Å². The Bertz CT molecular complexity index is 916. The zero-order chi connectivity index (χ0) is 37.1. The average molecular weight is 734 g/mol. The number of carboxylic acids is 1. The summed E-state index contributed by atoms with van der Waals surface area (Å²) in [6, 6.07) is -1.52. The first-order chi connectivity index (χ1) is 24.1. The lowest BCUT2D eigenvalue weighted by molar-refractivity contribution is -0.161. The first-order valence-electron chi connectivity index (χ1n) is 19.7. The van der Waals surface area contributed by atoms with Gasteiger partial charge in [0.15, 0.2) is 6.10 Å². The Kier molecular flexibility index (Phi) is 33.1. The van der Waals surface area contributed by atoms with Gasteiger partial charge in [0.2, 0.25) is 0 Å². The van der Waals surface area contributed by atoms with Crippen LogP contribution in [0.25, 0.3) is 0 Å². The van der Waals surface area contributed by atoms with Crippen molar-refractivity contribution in [3.05, 3.63) is 12.2 Å². The van der Waals surface area contributed by atoms with Crippen molar-refractivity contribution in [3.63, 3.8) is 0 Å².